The summed E-state index contributed by atoms with van der Waals surface area (Å²) < 4.78 is 13.0. The maximum atomic E-state index is 13.0. The standard InChI is InChI=1S/C23H19FN2O2/c24-19-8-6-16(7-9-19)14-22(27)25-20-10-11-21-18(15-20)12-13-26(21)23(28)17-4-2-1-3-5-17/h1-11,15H,12-14H2,(H,25,27). The Morgan fingerprint density at radius 1 is 0.964 bits per heavy atom. The summed E-state index contributed by atoms with van der Waals surface area (Å²) in [5, 5.41) is 2.87. The van der Waals surface area contributed by atoms with Gasteiger partial charge in [0.1, 0.15) is 5.82 Å². The van der Waals surface area contributed by atoms with Crippen LogP contribution in [-0.4, -0.2) is 18.4 Å². The lowest BCUT2D eigenvalue weighted by Crippen LogP contribution is -2.28. The number of carbonyl (C=O) groups excluding carboxylic acids is 2. The molecule has 3 aromatic carbocycles. The van der Waals surface area contributed by atoms with Gasteiger partial charge in [-0.1, -0.05) is 30.3 Å². The molecule has 28 heavy (non-hydrogen) atoms. The SMILES string of the molecule is O=C(Cc1ccc(F)cc1)Nc1ccc2c(c1)CCN2C(=O)c1ccccc1. The molecule has 1 aliphatic heterocycles. The molecule has 0 atom stereocenters. The summed E-state index contributed by atoms with van der Waals surface area (Å²) in [5.74, 6) is -0.508. The monoisotopic (exact) mass is 374 g/mol. The first-order chi connectivity index (χ1) is 13.6. The summed E-state index contributed by atoms with van der Waals surface area (Å²) in [6, 6.07) is 20.7. The second-order valence-electron chi connectivity index (χ2n) is 6.77. The molecule has 0 radical (unpaired) electrons. The molecule has 0 spiro atoms. The smallest absolute Gasteiger partial charge is 0.258 e. The Labute approximate surface area is 162 Å². The van der Waals surface area contributed by atoms with Gasteiger partial charge in [0.25, 0.3) is 5.91 Å². The van der Waals surface area contributed by atoms with Gasteiger partial charge in [-0.05, 0) is 60.0 Å². The third kappa shape index (κ3) is 3.78. The fourth-order valence-corrected chi connectivity index (χ4v) is 3.42. The Morgan fingerprint density at radius 3 is 2.46 bits per heavy atom. The Kier molecular flexibility index (Phi) is 4.89. The number of carbonyl (C=O) groups is 2. The van der Waals surface area contributed by atoms with Gasteiger partial charge in [-0.25, -0.2) is 4.39 Å². The van der Waals surface area contributed by atoms with E-state index in [-0.39, 0.29) is 24.1 Å². The number of fused-ring (bicyclic) bond motifs is 1. The van der Waals surface area contributed by atoms with E-state index in [9.17, 15) is 14.0 Å². The number of rotatable bonds is 4. The van der Waals surface area contributed by atoms with Gasteiger partial charge in [0, 0.05) is 23.5 Å². The second kappa shape index (κ2) is 7.64. The van der Waals surface area contributed by atoms with Crippen LogP contribution in [0.2, 0.25) is 0 Å². The van der Waals surface area contributed by atoms with Gasteiger partial charge in [0.05, 0.1) is 6.42 Å². The second-order valence-corrected chi connectivity index (χ2v) is 6.77. The first-order valence-corrected chi connectivity index (χ1v) is 9.14. The van der Waals surface area contributed by atoms with Crippen molar-refractivity contribution in [2.45, 2.75) is 12.8 Å². The van der Waals surface area contributed by atoms with E-state index in [0.717, 1.165) is 23.2 Å². The normalized spacial score (nSPS) is 12.5. The topological polar surface area (TPSA) is 49.4 Å². The van der Waals surface area contributed by atoms with Gasteiger partial charge in [-0.3, -0.25) is 9.59 Å². The fourth-order valence-electron chi connectivity index (χ4n) is 3.42. The minimum atomic E-state index is -0.322. The first-order valence-electron chi connectivity index (χ1n) is 9.14. The van der Waals surface area contributed by atoms with Crippen molar-refractivity contribution in [1.29, 1.82) is 0 Å². The van der Waals surface area contributed by atoms with Gasteiger partial charge in [-0.2, -0.15) is 0 Å². The minimum absolute atomic E-state index is 0.0209. The van der Waals surface area contributed by atoms with Crippen LogP contribution in [0.3, 0.4) is 0 Å². The zero-order valence-electron chi connectivity index (χ0n) is 15.2. The Bertz CT molecular complexity index is 1020. The molecule has 1 heterocycles. The van der Waals surface area contributed by atoms with Gasteiger partial charge < -0.3 is 10.2 Å². The molecule has 0 aromatic heterocycles. The van der Waals surface area contributed by atoms with Crippen molar-refractivity contribution in [2.24, 2.45) is 0 Å². The van der Waals surface area contributed by atoms with Crippen molar-refractivity contribution >= 4 is 23.2 Å². The van der Waals surface area contributed by atoms with Crippen LogP contribution in [0.5, 0.6) is 0 Å². The summed E-state index contributed by atoms with van der Waals surface area (Å²) in [6.07, 6.45) is 0.922. The molecular formula is C23H19FN2O2. The average Bonchev–Trinajstić information content (AvgIpc) is 3.13. The summed E-state index contributed by atoms with van der Waals surface area (Å²) in [5.41, 5.74) is 4.01. The van der Waals surface area contributed by atoms with Crippen molar-refractivity contribution < 1.29 is 14.0 Å². The number of hydrogen-bond acceptors (Lipinski definition) is 2. The van der Waals surface area contributed by atoms with Crippen LogP contribution in [0, 0.1) is 5.82 Å². The summed E-state index contributed by atoms with van der Waals surface area (Å²) in [4.78, 5) is 26.8. The molecule has 1 aliphatic rings. The van der Waals surface area contributed by atoms with Crippen LogP contribution < -0.4 is 10.2 Å². The molecule has 3 aromatic rings. The van der Waals surface area contributed by atoms with Crippen molar-refractivity contribution in [2.75, 3.05) is 16.8 Å². The van der Waals surface area contributed by atoms with Crippen LogP contribution in [-0.2, 0) is 17.6 Å². The number of amides is 2. The predicted octanol–water partition coefficient (Wildman–Crippen LogP) is 4.21. The molecule has 0 bridgehead atoms. The van der Waals surface area contributed by atoms with Crippen molar-refractivity contribution in [3.63, 3.8) is 0 Å². The Morgan fingerprint density at radius 2 is 1.71 bits per heavy atom. The van der Waals surface area contributed by atoms with Crippen molar-refractivity contribution in [3.8, 4) is 0 Å². The number of anilines is 2. The molecule has 4 nitrogen and oxygen atoms in total. The lowest BCUT2D eigenvalue weighted by Gasteiger charge is -2.17. The minimum Gasteiger partial charge on any atom is -0.326 e. The number of halogens is 1. The molecule has 0 fully saturated rings. The van der Waals surface area contributed by atoms with Crippen LogP contribution in [0.4, 0.5) is 15.8 Å². The molecule has 0 saturated carbocycles. The number of nitrogens with zero attached hydrogens (tertiary/aromatic N) is 1. The summed E-state index contributed by atoms with van der Waals surface area (Å²) in [7, 11) is 0. The quantitative estimate of drug-likeness (QED) is 0.744. The van der Waals surface area contributed by atoms with E-state index < -0.39 is 0 Å². The molecule has 0 unspecified atom stereocenters. The van der Waals surface area contributed by atoms with E-state index in [1.54, 1.807) is 23.1 Å². The largest absolute Gasteiger partial charge is 0.326 e. The molecular weight excluding hydrogens is 355 g/mol. The van der Waals surface area contributed by atoms with Gasteiger partial charge in [0.15, 0.2) is 0 Å². The van der Waals surface area contributed by atoms with Gasteiger partial charge in [0.2, 0.25) is 5.91 Å². The maximum Gasteiger partial charge on any atom is 0.258 e. The van der Waals surface area contributed by atoms with E-state index in [1.807, 2.05) is 42.5 Å². The zero-order valence-corrected chi connectivity index (χ0v) is 15.2. The van der Waals surface area contributed by atoms with Crippen LogP contribution in [0.1, 0.15) is 21.5 Å². The molecule has 5 heteroatoms. The lowest BCUT2D eigenvalue weighted by molar-refractivity contribution is -0.115. The molecule has 1 N–H and O–H groups in total. The van der Waals surface area contributed by atoms with E-state index in [1.165, 1.54) is 12.1 Å². The van der Waals surface area contributed by atoms with Crippen LogP contribution in [0.25, 0.3) is 0 Å². The fraction of sp³-hybridized carbons (Fsp3) is 0.130. The average molecular weight is 374 g/mol. The predicted molar refractivity (Wildman–Crippen MR) is 107 cm³/mol. The third-order valence-electron chi connectivity index (χ3n) is 4.80. The van der Waals surface area contributed by atoms with Crippen molar-refractivity contribution in [1.82, 2.24) is 0 Å². The molecule has 2 amide bonds. The molecule has 0 aliphatic carbocycles. The lowest BCUT2D eigenvalue weighted by atomic mass is 10.1. The van der Waals surface area contributed by atoms with E-state index in [2.05, 4.69) is 5.32 Å². The first kappa shape index (κ1) is 17.9. The highest BCUT2D eigenvalue weighted by molar-refractivity contribution is 6.07. The zero-order chi connectivity index (χ0) is 19.5. The van der Waals surface area contributed by atoms with Crippen LogP contribution >= 0.6 is 0 Å². The van der Waals surface area contributed by atoms with Gasteiger partial charge >= 0.3 is 0 Å². The van der Waals surface area contributed by atoms with E-state index >= 15 is 0 Å². The summed E-state index contributed by atoms with van der Waals surface area (Å²) in [6.45, 7) is 0.621. The Hall–Kier alpha value is -3.47. The highest BCUT2D eigenvalue weighted by Crippen LogP contribution is 2.31. The van der Waals surface area contributed by atoms with E-state index in [4.69, 9.17) is 0 Å². The molecule has 4 rings (SSSR count). The number of hydrogen-bond donors (Lipinski definition) is 1. The van der Waals surface area contributed by atoms with Crippen molar-refractivity contribution in [3.05, 3.63) is 95.3 Å². The summed E-state index contributed by atoms with van der Waals surface area (Å²) >= 11 is 0. The highest BCUT2D eigenvalue weighted by atomic mass is 19.1. The van der Waals surface area contributed by atoms with E-state index in [0.29, 0.717) is 17.8 Å². The highest BCUT2D eigenvalue weighted by Gasteiger charge is 2.25. The van der Waals surface area contributed by atoms with Crippen LogP contribution in [0.15, 0.2) is 72.8 Å². The number of benzene rings is 3. The number of nitrogens with one attached hydrogen (secondary N) is 1. The molecule has 0 saturated heterocycles. The van der Waals surface area contributed by atoms with Gasteiger partial charge in [-0.15, -0.1) is 0 Å². The third-order valence-corrected chi connectivity index (χ3v) is 4.80. The Balaban J connectivity index is 1.45. The molecule has 140 valence electrons. The maximum absolute atomic E-state index is 13.0.